The average Bonchev–Trinajstić information content (AvgIpc) is 2.66. The van der Waals surface area contributed by atoms with Crippen LogP contribution in [0, 0.1) is 11.6 Å². The quantitative estimate of drug-likeness (QED) is 0.926. The molecule has 118 valence electrons. The maximum atomic E-state index is 14.1. The van der Waals surface area contributed by atoms with Crippen molar-refractivity contribution in [3.05, 3.63) is 35.4 Å². The van der Waals surface area contributed by atoms with Crippen LogP contribution in [-0.2, 0) is 0 Å². The van der Waals surface area contributed by atoms with Crippen LogP contribution in [0.25, 0.3) is 0 Å². The second-order valence-corrected chi connectivity index (χ2v) is 5.81. The van der Waals surface area contributed by atoms with Gasteiger partial charge in [0.2, 0.25) is 0 Å². The van der Waals surface area contributed by atoms with Gasteiger partial charge < -0.3 is 10.6 Å². The fraction of sp³-hybridized carbons (Fsp3) is 0.625. The molecule has 0 aliphatic carbocycles. The van der Waals surface area contributed by atoms with E-state index in [2.05, 4.69) is 23.8 Å². The molecule has 1 fully saturated rings. The Kier molecular flexibility index (Phi) is 5.67. The average molecular weight is 297 g/mol. The summed E-state index contributed by atoms with van der Waals surface area (Å²) < 4.78 is 27.7. The zero-order valence-corrected chi connectivity index (χ0v) is 12.9. The van der Waals surface area contributed by atoms with Gasteiger partial charge in [-0.15, -0.1) is 0 Å². The summed E-state index contributed by atoms with van der Waals surface area (Å²) in [6.45, 7) is 5.24. The number of nitrogens with two attached hydrogens (primary N) is 1. The topological polar surface area (TPSA) is 32.5 Å². The number of rotatable bonds is 4. The third-order valence-electron chi connectivity index (χ3n) is 4.38. The lowest BCUT2D eigenvalue weighted by molar-refractivity contribution is 0.128. The van der Waals surface area contributed by atoms with Crippen LogP contribution < -0.4 is 5.73 Å². The molecule has 0 spiro atoms. The van der Waals surface area contributed by atoms with Gasteiger partial charge in [-0.1, -0.05) is 19.1 Å². The molecule has 1 saturated heterocycles. The Balaban J connectivity index is 2.32. The summed E-state index contributed by atoms with van der Waals surface area (Å²) in [6, 6.07) is 4.41. The van der Waals surface area contributed by atoms with Crippen molar-refractivity contribution in [2.75, 3.05) is 33.2 Å². The first-order valence-electron chi connectivity index (χ1n) is 7.66. The summed E-state index contributed by atoms with van der Waals surface area (Å²) in [5, 5.41) is 0. The normalized spacial score (nSPS) is 23.0. The van der Waals surface area contributed by atoms with Crippen LogP contribution in [0.15, 0.2) is 18.2 Å². The minimum Gasteiger partial charge on any atom is -0.329 e. The third-order valence-corrected chi connectivity index (χ3v) is 4.38. The lowest BCUT2D eigenvalue weighted by Gasteiger charge is -2.37. The molecule has 0 radical (unpaired) electrons. The van der Waals surface area contributed by atoms with Crippen LogP contribution in [0.5, 0.6) is 0 Å². The summed E-state index contributed by atoms with van der Waals surface area (Å²) in [6.07, 6.45) is 1.98. The van der Waals surface area contributed by atoms with E-state index in [1.165, 1.54) is 0 Å². The molecule has 1 heterocycles. The Hall–Kier alpha value is -1.04. The van der Waals surface area contributed by atoms with Crippen LogP contribution in [0.4, 0.5) is 8.78 Å². The Morgan fingerprint density at radius 1 is 1.33 bits per heavy atom. The number of hydrogen-bond acceptors (Lipinski definition) is 3. The summed E-state index contributed by atoms with van der Waals surface area (Å²) in [4.78, 5) is 4.55. The van der Waals surface area contributed by atoms with Gasteiger partial charge in [0.1, 0.15) is 0 Å². The van der Waals surface area contributed by atoms with Crippen molar-refractivity contribution in [1.82, 2.24) is 9.80 Å². The van der Waals surface area contributed by atoms with Gasteiger partial charge >= 0.3 is 0 Å². The first-order chi connectivity index (χ1) is 10.1. The summed E-state index contributed by atoms with van der Waals surface area (Å²) in [5.74, 6) is -1.56. The fourth-order valence-electron chi connectivity index (χ4n) is 3.25. The molecule has 1 aromatic carbocycles. The SMILES string of the molecule is CCC1CN(C)CCCN1C(CN)c1cccc(F)c1F. The molecule has 0 bridgehead atoms. The second-order valence-electron chi connectivity index (χ2n) is 5.81. The monoisotopic (exact) mass is 297 g/mol. The lowest BCUT2D eigenvalue weighted by atomic mass is 10.0. The van der Waals surface area contributed by atoms with E-state index in [9.17, 15) is 8.78 Å². The van der Waals surface area contributed by atoms with Crippen LogP contribution >= 0.6 is 0 Å². The number of benzene rings is 1. The van der Waals surface area contributed by atoms with E-state index in [1.54, 1.807) is 12.1 Å². The Morgan fingerprint density at radius 2 is 2.10 bits per heavy atom. The van der Waals surface area contributed by atoms with E-state index >= 15 is 0 Å². The molecule has 3 nitrogen and oxygen atoms in total. The van der Waals surface area contributed by atoms with Crippen molar-refractivity contribution in [3.8, 4) is 0 Å². The molecule has 2 atom stereocenters. The zero-order chi connectivity index (χ0) is 15.4. The van der Waals surface area contributed by atoms with Gasteiger partial charge in [0.15, 0.2) is 11.6 Å². The van der Waals surface area contributed by atoms with Gasteiger partial charge in [-0.05, 0) is 32.5 Å². The van der Waals surface area contributed by atoms with Crippen LogP contribution in [0.1, 0.15) is 31.4 Å². The predicted octanol–water partition coefficient (Wildman–Crippen LogP) is 2.38. The van der Waals surface area contributed by atoms with E-state index in [-0.39, 0.29) is 6.04 Å². The van der Waals surface area contributed by atoms with E-state index in [1.807, 2.05) is 0 Å². The second kappa shape index (κ2) is 7.29. The first-order valence-corrected chi connectivity index (χ1v) is 7.66. The van der Waals surface area contributed by atoms with Gasteiger partial charge in [-0.2, -0.15) is 0 Å². The van der Waals surface area contributed by atoms with Crippen molar-refractivity contribution in [3.63, 3.8) is 0 Å². The van der Waals surface area contributed by atoms with Crippen molar-refractivity contribution in [1.29, 1.82) is 0 Å². The van der Waals surface area contributed by atoms with Crippen molar-refractivity contribution >= 4 is 0 Å². The molecular weight excluding hydrogens is 272 g/mol. The lowest BCUT2D eigenvalue weighted by Crippen LogP contribution is -2.44. The van der Waals surface area contributed by atoms with Crippen molar-refractivity contribution in [2.45, 2.75) is 31.8 Å². The van der Waals surface area contributed by atoms with Crippen LogP contribution in [-0.4, -0.2) is 49.1 Å². The third kappa shape index (κ3) is 3.59. The van der Waals surface area contributed by atoms with Gasteiger partial charge in [-0.3, -0.25) is 4.90 Å². The summed E-state index contributed by atoms with van der Waals surface area (Å²) >= 11 is 0. The highest BCUT2D eigenvalue weighted by atomic mass is 19.2. The Morgan fingerprint density at radius 3 is 2.76 bits per heavy atom. The van der Waals surface area contributed by atoms with E-state index < -0.39 is 11.6 Å². The smallest absolute Gasteiger partial charge is 0.163 e. The molecule has 2 N–H and O–H groups in total. The highest BCUT2D eigenvalue weighted by Gasteiger charge is 2.30. The van der Waals surface area contributed by atoms with Gasteiger partial charge in [0.05, 0.1) is 6.04 Å². The molecule has 0 aromatic heterocycles. The molecule has 21 heavy (non-hydrogen) atoms. The molecule has 5 heteroatoms. The van der Waals surface area contributed by atoms with E-state index in [0.717, 1.165) is 38.5 Å². The molecule has 1 aromatic rings. The first kappa shape index (κ1) is 16.3. The van der Waals surface area contributed by atoms with Crippen molar-refractivity contribution in [2.24, 2.45) is 5.73 Å². The van der Waals surface area contributed by atoms with Gasteiger partial charge in [0, 0.05) is 31.2 Å². The van der Waals surface area contributed by atoms with Crippen LogP contribution in [0.3, 0.4) is 0 Å². The standard InChI is InChI=1S/C16H25F2N3/c1-3-12-11-20(2)8-5-9-21(12)15(10-19)13-6-4-7-14(17)16(13)18/h4,6-7,12,15H,3,5,8-11,19H2,1-2H3. The number of nitrogens with zero attached hydrogens (tertiary/aromatic N) is 2. The van der Waals surface area contributed by atoms with Crippen molar-refractivity contribution < 1.29 is 8.78 Å². The molecule has 2 rings (SSSR count). The molecule has 1 aliphatic heterocycles. The highest BCUT2D eigenvalue weighted by Crippen LogP contribution is 2.28. The Labute approximate surface area is 125 Å². The molecule has 2 unspecified atom stereocenters. The molecule has 1 aliphatic rings. The van der Waals surface area contributed by atoms with Gasteiger partial charge in [-0.25, -0.2) is 8.78 Å². The predicted molar refractivity (Wildman–Crippen MR) is 81.1 cm³/mol. The van der Waals surface area contributed by atoms with Crippen LogP contribution in [0.2, 0.25) is 0 Å². The van der Waals surface area contributed by atoms with Gasteiger partial charge in [0.25, 0.3) is 0 Å². The maximum absolute atomic E-state index is 14.1. The number of halogens is 2. The number of hydrogen-bond donors (Lipinski definition) is 1. The fourth-order valence-corrected chi connectivity index (χ4v) is 3.25. The Bertz CT molecular complexity index is 467. The zero-order valence-electron chi connectivity index (χ0n) is 12.9. The largest absolute Gasteiger partial charge is 0.329 e. The molecule has 0 saturated carbocycles. The number of likely N-dealkylation sites (N-methyl/N-ethyl adjacent to an activating group) is 1. The van der Waals surface area contributed by atoms with E-state index in [0.29, 0.717) is 18.2 Å². The maximum Gasteiger partial charge on any atom is 0.163 e. The highest BCUT2D eigenvalue weighted by molar-refractivity contribution is 5.23. The molecular formula is C16H25F2N3. The minimum atomic E-state index is -0.800. The van der Waals surface area contributed by atoms with E-state index in [4.69, 9.17) is 5.73 Å². The molecule has 0 amide bonds. The minimum absolute atomic E-state index is 0.267. The summed E-state index contributed by atoms with van der Waals surface area (Å²) in [5.41, 5.74) is 6.29. The summed E-state index contributed by atoms with van der Waals surface area (Å²) in [7, 11) is 2.10.